The molecule has 2 rings (SSSR count). The Bertz CT molecular complexity index is 602. The summed E-state index contributed by atoms with van der Waals surface area (Å²) in [5, 5.41) is 2.73. The van der Waals surface area contributed by atoms with E-state index in [9.17, 15) is 8.78 Å². The van der Waals surface area contributed by atoms with Gasteiger partial charge in [0.2, 0.25) is 17.8 Å². The third-order valence-corrected chi connectivity index (χ3v) is 2.22. The molecule has 2 aromatic rings. The van der Waals surface area contributed by atoms with Gasteiger partial charge in [-0.3, -0.25) is 0 Å². The van der Waals surface area contributed by atoms with Crippen LogP contribution in [0.5, 0.6) is 0 Å². The normalized spacial score (nSPS) is 10.3. The summed E-state index contributed by atoms with van der Waals surface area (Å²) >= 11 is 0. The maximum Gasteiger partial charge on any atom is 0.233 e. The van der Waals surface area contributed by atoms with E-state index in [0.717, 1.165) is 12.1 Å². The first kappa shape index (κ1) is 12.9. The molecule has 19 heavy (non-hydrogen) atoms. The van der Waals surface area contributed by atoms with Crippen molar-refractivity contribution in [1.29, 1.82) is 0 Å². The molecule has 0 saturated carbocycles. The van der Waals surface area contributed by atoms with Crippen LogP contribution in [0.15, 0.2) is 18.2 Å². The van der Waals surface area contributed by atoms with Gasteiger partial charge in [0.05, 0.1) is 0 Å². The van der Waals surface area contributed by atoms with Crippen LogP contribution < -0.4 is 16.0 Å². The van der Waals surface area contributed by atoms with Crippen LogP contribution in [0.2, 0.25) is 0 Å². The molecule has 0 atom stereocenters. The van der Waals surface area contributed by atoms with Crippen molar-refractivity contribution >= 4 is 23.5 Å². The standard InChI is InChI=1S/C11H12F2N6/c1-19(2)11-17-9(14)16-10(18-11)15-6-3-4-7(12)8(13)5-6/h3-5H,1-2H3,(H3,14,15,16,17,18). The Morgan fingerprint density at radius 1 is 1.11 bits per heavy atom. The minimum absolute atomic E-state index is 0.0313. The number of rotatable bonds is 3. The Morgan fingerprint density at radius 2 is 1.84 bits per heavy atom. The molecular weight excluding hydrogens is 254 g/mol. The minimum atomic E-state index is -0.958. The predicted molar refractivity (Wildman–Crippen MR) is 68.2 cm³/mol. The van der Waals surface area contributed by atoms with Crippen LogP contribution in [0.3, 0.4) is 0 Å². The molecule has 100 valence electrons. The lowest BCUT2D eigenvalue weighted by Crippen LogP contribution is -2.15. The van der Waals surface area contributed by atoms with Crippen LogP contribution in [-0.2, 0) is 0 Å². The summed E-state index contributed by atoms with van der Waals surface area (Å²) in [6.07, 6.45) is 0. The van der Waals surface area contributed by atoms with Crippen LogP contribution in [0.4, 0.5) is 32.3 Å². The molecular formula is C11H12F2N6. The highest BCUT2D eigenvalue weighted by Gasteiger charge is 2.08. The van der Waals surface area contributed by atoms with E-state index < -0.39 is 11.6 Å². The van der Waals surface area contributed by atoms with Gasteiger partial charge in [0.25, 0.3) is 0 Å². The summed E-state index contributed by atoms with van der Waals surface area (Å²) in [4.78, 5) is 13.5. The second-order valence-corrected chi connectivity index (χ2v) is 3.97. The van der Waals surface area contributed by atoms with Gasteiger partial charge in [-0.2, -0.15) is 15.0 Å². The summed E-state index contributed by atoms with van der Waals surface area (Å²) in [7, 11) is 3.49. The topological polar surface area (TPSA) is 80.0 Å². The van der Waals surface area contributed by atoms with Crippen LogP contribution in [0.1, 0.15) is 0 Å². The summed E-state index contributed by atoms with van der Waals surface area (Å²) < 4.78 is 25.9. The van der Waals surface area contributed by atoms with Crippen molar-refractivity contribution < 1.29 is 8.78 Å². The lowest BCUT2D eigenvalue weighted by Gasteiger charge is -2.12. The van der Waals surface area contributed by atoms with Gasteiger partial charge in [-0.25, -0.2) is 8.78 Å². The Balaban J connectivity index is 2.29. The van der Waals surface area contributed by atoms with E-state index in [-0.39, 0.29) is 11.9 Å². The molecule has 1 aromatic carbocycles. The zero-order valence-electron chi connectivity index (χ0n) is 10.4. The highest BCUT2D eigenvalue weighted by atomic mass is 19.2. The number of nitrogens with two attached hydrogens (primary N) is 1. The molecule has 1 aromatic heterocycles. The van der Waals surface area contributed by atoms with E-state index in [4.69, 9.17) is 5.73 Å². The van der Waals surface area contributed by atoms with Gasteiger partial charge in [-0.1, -0.05) is 0 Å². The molecule has 0 saturated heterocycles. The molecule has 0 spiro atoms. The number of benzene rings is 1. The van der Waals surface area contributed by atoms with Crippen molar-refractivity contribution in [2.45, 2.75) is 0 Å². The SMILES string of the molecule is CN(C)c1nc(N)nc(Nc2ccc(F)c(F)c2)n1. The minimum Gasteiger partial charge on any atom is -0.368 e. The fourth-order valence-corrected chi connectivity index (χ4v) is 1.34. The largest absolute Gasteiger partial charge is 0.368 e. The zero-order valence-corrected chi connectivity index (χ0v) is 10.4. The Labute approximate surface area is 108 Å². The molecule has 8 heteroatoms. The van der Waals surface area contributed by atoms with Crippen LogP contribution in [-0.4, -0.2) is 29.0 Å². The lowest BCUT2D eigenvalue weighted by atomic mass is 10.3. The van der Waals surface area contributed by atoms with Gasteiger partial charge >= 0.3 is 0 Å². The van der Waals surface area contributed by atoms with Crippen LogP contribution >= 0.6 is 0 Å². The maximum absolute atomic E-state index is 13.1. The second-order valence-electron chi connectivity index (χ2n) is 3.97. The van der Waals surface area contributed by atoms with E-state index in [1.54, 1.807) is 19.0 Å². The van der Waals surface area contributed by atoms with Crippen LogP contribution in [0, 0.1) is 11.6 Å². The van der Waals surface area contributed by atoms with E-state index >= 15 is 0 Å². The summed E-state index contributed by atoms with van der Waals surface area (Å²) in [5.41, 5.74) is 5.86. The van der Waals surface area contributed by atoms with Crippen LogP contribution in [0.25, 0.3) is 0 Å². The predicted octanol–water partition coefficient (Wildman–Crippen LogP) is 1.54. The van der Waals surface area contributed by atoms with Gasteiger partial charge < -0.3 is 16.0 Å². The van der Waals surface area contributed by atoms with Gasteiger partial charge in [0.15, 0.2) is 11.6 Å². The number of nitrogen functional groups attached to an aromatic ring is 1. The lowest BCUT2D eigenvalue weighted by molar-refractivity contribution is 0.509. The molecule has 0 unspecified atom stereocenters. The number of aromatic nitrogens is 3. The molecule has 0 aliphatic rings. The maximum atomic E-state index is 13.1. The number of hydrogen-bond donors (Lipinski definition) is 2. The third kappa shape index (κ3) is 3.03. The first-order valence-electron chi connectivity index (χ1n) is 5.36. The average molecular weight is 266 g/mol. The number of hydrogen-bond acceptors (Lipinski definition) is 6. The Hall–Kier alpha value is -2.51. The average Bonchev–Trinajstić information content (AvgIpc) is 2.33. The first-order chi connectivity index (χ1) is 8.95. The first-order valence-corrected chi connectivity index (χ1v) is 5.36. The number of halogens is 2. The summed E-state index contributed by atoms with van der Waals surface area (Å²) in [6.45, 7) is 0. The van der Waals surface area contributed by atoms with E-state index in [0.29, 0.717) is 11.6 Å². The molecule has 1 heterocycles. The third-order valence-electron chi connectivity index (χ3n) is 2.22. The number of nitrogens with zero attached hydrogens (tertiary/aromatic N) is 4. The molecule has 0 bridgehead atoms. The zero-order chi connectivity index (χ0) is 14.0. The molecule has 0 aliphatic carbocycles. The highest BCUT2D eigenvalue weighted by Crippen LogP contribution is 2.18. The fraction of sp³-hybridized carbons (Fsp3) is 0.182. The fourth-order valence-electron chi connectivity index (χ4n) is 1.34. The van der Waals surface area contributed by atoms with Crippen molar-refractivity contribution in [3.05, 3.63) is 29.8 Å². The van der Waals surface area contributed by atoms with Crippen molar-refractivity contribution in [1.82, 2.24) is 15.0 Å². The second kappa shape index (κ2) is 5.01. The van der Waals surface area contributed by atoms with Crippen molar-refractivity contribution in [2.24, 2.45) is 0 Å². The van der Waals surface area contributed by atoms with E-state index in [1.807, 2.05) is 0 Å². The molecule has 0 amide bonds. The summed E-state index contributed by atoms with van der Waals surface area (Å²) in [5.74, 6) is -1.34. The quantitative estimate of drug-likeness (QED) is 0.877. The highest BCUT2D eigenvalue weighted by molar-refractivity contribution is 5.55. The number of nitrogens with one attached hydrogen (secondary N) is 1. The van der Waals surface area contributed by atoms with Crippen molar-refractivity contribution in [3.63, 3.8) is 0 Å². The van der Waals surface area contributed by atoms with E-state index in [1.165, 1.54) is 6.07 Å². The van der Waals surface area contributed by atoms with Crippen molar-refractivity contribution in [3.8, 4) is 0 Å². The Morgan fingerprint density at radius 3 is 2.47 bits per heavy atom. The molecule has 6 nitrogen and oxygen atoms in total. The summed E-state index contributed by atoms with van der Waals surface area (Å²) in [6, 6.07) is 3.38. The van der Waals surface area contributed by atoms with Crippen molar-refractivity contribution in [2.75, 3.05) is 30.0 Å². The number of anilines is 4. The van der Waals surface area contributed by atoms with E-state index in [2.05, 4.69) is 20.3 Å². The molecule has 0 aliphatic heterocycles. The van der Waals surface area contributed by atoms with Gasteiger partial charge in [0.1, 0.15) is 0 Å². The monoisotopic (exact) mass is 266 g/mol. The molecule has 0 fully saturated rings. The van der Waals surface area contributed by atoms with Gasteiger partial charge in [-0.05, 0) is 12.1 Å². The molecule has 3 N–H and O–H groups in total. The van der Waals surface area contributed by atoms with Gasteiger partial charge in [0, 0.05) is 25.8 Å². The molecule has 0 radical (unpaired) electrons. The smallest absolute Gasteiger partial charge is 0.233 e. The Kier molecular flexibility index (Phi) is 3.41. The van der Waals surface area contributed by atoms with Gasteiger partial charge in [-0.15, -0.1) is 0 Å².